The fourth-order valence-corrected chi connectivity index (χ4v) is 2.55. The topological polar surface area (TPSA) is 32.3 Å². The normalized spacial score (nSPS) is 23.7. The standard InChI is InChI=1S/C15H20N2O/c18-15-14(10-13-4-2-1-3-5-13)16-11-17(15)9-8-12-6-7-12/h1-5,12,14,16H,6-11H2. The van der Waals surface area contributed by atoms with E-state index >= 15 is 0 Å². The van der Waals surface area contributed by atoms with Gasteiger partial charge in [0, 0.05) is 6.54 Å². The van der Waals surface area contributed by atoms with Crippen molar-refractivity contribution in [3.63, 3.8) is 0 Å². The smallest absolute Gasteiger partial charge is 0.241 e. The van der Waals surface area contributed by atoms with Gasteiger partial charge in [0.25, 0.3) is 0 Å². The maximum atomic E-state index is 12.2. The summed E-state index contributed by atoms with van der Waals surface area (Å²) in [4.78, 5) is 14.2. The summed E-state index contributed by atoms with van der Waals surface area (Å²) in [5, 5.41) is 3.33. The molecule has 3 nitrogen and oxygen atoms in total. The largest absolute Gasteiger partial charge is 0.329 e. The van der Waals surface area contributed by atoms with Gasteiger partial charge in [0.05, 0.1) is 12.7 Å². The van der Waals surface area contributed by atoms with E-state index in [9.17, 15) is 4.79 Å². The number of nitrogens with one attached hydrogen (secondary N) is 1. The van der Waals surface area contributed by atoms with Crippen LogP contribution >= 0.6 is 0 Å². The molecular weight excluding hydrogens is 224 g/mol. The fraction of sp³-hybridized carbons (Fsp3) is 0.533. The van der Waals surface area contributed by atoms with Gasteiger partial charge in [-0.3, -0.25) is 10.1 Å². The molecule has 1 atom stereocenters. The Kier molecular flexibility index (Phi) is 3.33. The van der Waals surface area contributed by atoms with Crippen molar-refractivity contribution in [3.05, 3.63) is 35.9 Å². The number of rotatable bonds is 5. The lowest BCUT2D eigenvalue weighted by molar-refractivity contribution is -0.128. The molecule has 1 heterocycles. The zero-order chi connectivity index (χ0) is 12.4. The summed E-state index contributed by atoms with van der Waals surface area (Å²) in [7, 11) is 0. The summed E-state index contributed by atoms with van der Waals surface area (Å²) in [5.74, 6) is 1.17. The van der Waals surface area contributed by atoms with Crippen LogP contribution in [0.3, 0.4) is 0 Å². The molecule has 1 aromatic rings. The second kappa shape index (κ2) is 5.11. The van der Waals surface area contributed by atoms with Crippen LogP contribution in [0.5, 0.6) is 0 Å². The number of amides is 1. The van der Waals surface area contributed by atoms with Crippen LogP contribution in [0.2, 0.25) is 0 Å². The van der Waals surface area contributed by atoms with Crippen LogP contribution in [0.1, 0.15) is 24.8 Å². The van der Waals surface area contributed by atoms with Crippen molar-refractivity contribution in [2.75, 3.05) is 13.2 Å². The molecule has 1 amide bonds. The quantitative estimate of drug-likeness (QED) is 0.856. The Hall–Kier alpha value is -1.35. The zero-order valence-electron chi connectivity index (χ0n) is 10.6. The molecule has 1 saturated heterocycles. The first kappa shape index (κ1) is 11.7. The summed E-state index contributed by atoms with van der Waals surface area (Å²) in [6.07, 6.45) is 4.72. The molecule has 2 fully saturated rings. The lowest BCUT2D eigenvalue weighted by Gasteiger charge is -2.15. The van der Waals surface area contributed by atoms with Crippen LogP contribution in [0.15, 0.2) is 30.3 Å². The van der Waals surface area contributed by atoms with Crippen LogP contribution in [0.25, 0.3) is 0 Å². The predicted octanol–water partition coefficient (Wildman–Crippen LogP) is 1.79. The van der Waals surface area contributed by atoms with E-state index in [-0.39, 0.29) is 11.9 Å². The van der Waals surface area contributed by atoms with Gasteiger partial charge >= 0.3 is 0 Å². The van der Waals surface area contributed by atoms with Crippen molar-refractivity contribution in [3.8, 4) is 0 Å². The predicted molar refractivity (Wildman–Crippen MR) is 71.0 cm³/mol. The van der Waals surface area contributed by atoms with E-state index in [0.717, 1.165) is 25.6 Å². The average Bonchev–Trinajstić information content (AvgIpc) is 3.16. The maximum absolute atomic E-state index is 12.2. The third-order valence-corrected chi connectivity index (χ3v) is 3.93. The van der Waals surface area contributed by atoms with Gasteiger partial charge < -0.3 is 4.90 Å². The van der Waals surface area contributed by atoms with E-state index in [4.69, 9.17) is 0 Å². The third-order valence-electron chi connectivity index (χ3n) is 3.93. The molecule has 1 aromatic carbocycles. The van der Waals surface area contributed by atoms with E-state index in [1.807, 2.05) is 23.1 Å². The lowest BCUT2D eigenvalue weighted by atomic mass is 10.1. The number of nitrogens with zero attached hydrogens (tertiary/aromatic N) is 1. The molecule has 1 aliphatic heterocycles. The molecular formula is C15H20N2O. The van der Waals surface area contributed by atoms with Gasteiger partial charge in [0.15, 0.2) is 0 Å². The highest BCUT2D eigenvalue weighted by Crippen LogP contribution is 2.32. The summed E-state index contributed by atoms with van der Waals surface area (Å²) in [6, 6.07) is 10.2. The first-order chi connectivity index (χ1) is 8.83. The Balaban J connectivity index is 1.53. The average molecular weight is 244 g/mol. The minimum Gasteiger partial charge on any atom is -0.329 e. The van der Waals surface area contributed by atoms with E-state index in [0.29, 0.717) is 0 Å². The van der Waals surface area contributed by atoms with E-state index in [1.54, 1.807) is 0 Å². The Morgan fingerprint density at radius 3 is 2.72 bits per heavy atom. The minimum absolute atomic E-state index is 0.0217. The zero-order valence-corrected chi connectivity index (χ0v) is 10.6. The molecule has 1 saturated carbocycles. The summed E-state index contributed by atoms with van der Waals surface area (Å²) in [6.45, 7) is 1.66. The molecule has 1 N–H and O–H groups in total. The van der Waals surface area contributed by atoms with Gasteiger partial charge in [-0.1, -0.05) is 43.2 Å². The Morgan fingerprint density at radius 2 is 2.00 bits per heavy atom. The highest BCUT2D eigenvalue weighted by molar-refractivity contribution is 5.84. The first-order valence-corrected chi connectivity index (χ1v) is 6.89. The monoisotopic (exact) mass is 244 g/mol. The van der Waals surface area contributed by atoms with E-state index in [1.165, 1.54) is 24.8 Å². The summed E-state index contributed by atoms with van der Waals surface area (Å²) in [5.41, 5.74) is 1.23. The number of hydrogen-bond donors (Lipinski definition) is 1. The van der Waals surface area contributed by atoms with Gasteiger partial charge in [-0.2, -0.15) is 0 Å². The van der Waals surface area contributed by atoms with Gasteiger partial charge in [-0.05, 0) is 24.3 Å². The molecule has 2 aliphatic rings. The van der Waals surface area contributed by atoms with Crippen molar-refractivity contribution >= 4 is 5.91 Å². The summed E-state index contributed by atoms with van der Waals surface area (Å²) >= 11 is 0. The Labute approximate surface area is 108 Å². The Morgan fingerprint density at radius 1 is 1.22 bits per heavy atom. The number of carbonyl (C=O) groups excluding carboxylic acids is 1. The number of hydrogen-bond acceptors (Lipinski definition) is 2. The van der Waals surface area contributed by atoms with Gasteiger partial charge in [0.2, 0.25) is 5.91 Å². The fourth-order valence-electron chi connectivity index (χ4n) is 2.55. The lowest BCUT2D eigenvalue weighted by Crippen LogP contribution is -2.32. The second-order valence-corrected chi connectivity index (χ2v) is 5.44. The molecule has 1 unspecified atom stereocenters. The molecule has 0 bridgehead atoms. The van der Waals surface area contributed by atoms with Crippen LogP contribution in [0.4, 0.5) is 0 Å². The van der Waals surface area contributed by atoms with Crippen molar-refractivity contribution < 1.29 is 4.79 Å². The van der Waals surface area contributed by atoms with Crippen molar-refractivity contribution in [2.45, 2.75) is 31.7 Å². The van der Waals surface area contributed by atoms with Crippen molar-refractivity contribution in [1.29, 1.82) is 0 Å². The van der Waals surface area contributed by atoms with Gasteiger partial charge in [0.1, 0.15) is 0 Å². The number of benzene rings is 1. The molecule has 0 spiro atoms. The third kappa shape index (κ3) is 2.72. The minimum atomic E-state index is -0.0217. The van der Waals surface area contributed by atoms with Crippen molar-refractivity contribution in [2.24, 2.45) is 5.92 Å². The molecule has 3 heteroatoms. The molecule has 0 radical (unpaired) electrons. The van der Waals surface area contributed by atoms with Gasteiger partial charge in [-0.15, -0.1) is 0 Å². The SMILES string of the molecule is O=C1C(Cc2ccccc2)NCN1CCC1CC1. The highest BCUT2D eigenvalue weighted by Gasteiger charge is 2.32. The maximum Gasteiger partial charge on any atom is 0.241 e. The van der Waals surface area contributed by atoms with Crippen LogP contribution in [-0.2, 0) is 11.2 Å². The molecule has 0 aromatic heterocycles. The molecule has 1 aliphatic carbocycles. The van der Waals surface area contributed by atoms with Crippen LogP contribution in [-0.4, -0.2) is 30.1 Å². The molecule has 96 valence electrons. The van der Waals surface area contributed by atoms with Gasteiger partial charge in [-0.25, -0.2) is 0 Å². The molecule has 18 heavy (non-hydrogen) atoms. The molecule has 3 rings (SSSR count). The van der Waals surface area contributed by atoms with E-state index in [2.05, 4.69) is 17.4 Å². The van der Waals surface area contributed by atoms with Crippen molar-refractivity contribution in [1.82, 2.24) is 10.2 Å². The van der Waals surface area contributed by atoms with E-state index < -0.39 is 0 Å². The van der Waals surface area contributed by atoms with Crippen LogP contribution < -0.4 is 5.32 Å². The second-order valence-electron chi connectivity index (χ2n) is 5.44. The summed E-state index contributed by atoms with van der Waals surface area (Å²) < 4.78 is 0. The number of carbonyl (C=O) groups is 1. The Bertz CT molecular complexity index is 414. The van der Waals surface area contributed by atoms with Crippen LogP contribution in [0, 0.1) is 5.92 Å². The highest BCUT2D eigenvalue weighted by atomic mass is 16.2. The first-order valence-electron chi connectivity index (χ1n) is 6.89.